The second-order valence-electron chi connectivity index (χ2n) is 5.29. The second-order valence-corrected chi connectivity index (χ2v) is 5.29. The van der Waals surface area contributed by atoms with E-state index in [1.165, 1.54) is 0 Å². The van der Waals surface area contributed by atoms with Gasteiger partial charge in [0.1, 0.15) is 0 Å². The summed E-state index contributed by atoms with van der Waals surface area (Å²) in [5.74, 6) is -0.0314. The molecule has 1 saturated heterocycles. The summed E-state index contributed by atoms with van der Waals surface area (Å²) in [6.45, 7) is 2.13. The summed E-state index contributed by atoms with van der Waals surface area (Å²) >= 11 is 0. The number of aromatic nitrogens is 2. The lowest BCUT2D eigenvalue weighted by Gasteiger charge is -2.23. The minimum atomic E-state index is -0.0314. The van der Waals surface area contributed by atoms with Gasteiger partial charge in [-0.3, -0.25) is 9.48 Å². The van der Waals surface area contributed by atoms with Gasteiger partial charge < -0.3 is 10.1 Å². The smallest absolute Gasteiger partial charge is 0.251 e. The van der Waals surface area contributed by atoms with Crippen LogP contribution in [0, 0.1) is 0 Å². The van der Waals surface area contributed by atoms with E-state index >= 15 is 0 Å². The maximum atomic E-state index is 12.2. The Balaban J connectivity index is 1.59. The normalized spacial score (nSPS) is 18.4. The average molecular weight is 285 g/mol. The summed E-state index contributed by atoms with van der Waals surface area (Å²) in [7, 11) is 0. The summed E-state index contributed by atoms with van der Waals surface area (Å²) in [5, 5.41) is 7.19. The number of ether oxygens (including phenoxy) is 1. The predicted octanol–water partition coefficient (Wildman–Crippen LogP) is 1.84. The first-order chi connectivity index (χ1) is 10.3. The molecule has 0 spiro atoms. The highest BCUT2D eigenvalue weighted by Gasteiger charge is 2.16. The molecule has 21 heavy (non-hydrogen) atoms. The van der Waals surface area contributed by atoms with Crippen molar-refractivity contribution < 1.29 is 9.53 Å². The first-order valence-electron chi connectivity index (χ1n) is 7.26. The molecule has 110 valence electrons. The van der Waals surface area contributed by atoms with E-state index < -0.39 is 0 Å². The van der Waals surface area contributed by atoms with Crippen LogP contribution in [-0.4, -0.2) is 34.9 Å². The van der Waals surface area contributed by atoms with Crippen LogP contribution in [0.3, 0.4) is 0 Å². The Hall–Kier alpha value is -2.14. The molecule has 1 aromatic heterocycles. The summed E-state index contributed by atoms with van der Waals surface area (Å²) in [5.41, 5.74) is 1.81. The molecular formula is C16H19N3O2. The Morgan fingerprint density at radius 3 is 2.90 bits per heavy atom. The van der Waals surface area contributed by atoms with E-state index in [0.29, 0.717) is 18.7 Å². The molecule has 1 atom stereocenters. The number of benzene rings is 1. The fourth-order valence-corrected chi connectivity index (χ4v) is 2.47. The molecular weight excluding hydrogens is 266 g/mol. The van der Waals surface area contributed by atoms with Gasteiger partial charge in [0.05, 0.1) is 19.2 Å². The first kappa shape index (κ1) is 13.8. The van der Waals surface area contributed by atoms with Crippen LogP contribution in [0.4, 0.5) is 0 Å². The molecule has 2 aromatic rings. The minimum Gasteiger partial charge on any atom is -0.379 e. The number of carbonyl (C=O) groups excluding carboxylic acids is 1. The average Bonchev–Trinajstić information content (AvgIpc) is 3.02. The molecule has 1 aromatic carbocycles. The molecule has 0 bridgehead atoms. The van der Waals surface area contributed by atoms with Crippen molar-refractivity contribution in [2.24, 2.45) is 0 Å². The van der Waals surface area contributed by atoms with Gasteiger partial charge in [-0.05, 0) is 36.6 Å². The van der Waals surface area contributed by atoms with Gasteiger partial charge in [0.2, 0.25) is 0 Å². The van der Waals surface area contributed by atoms with Crippen molar-refractivity contribution in [1.82, 2.24) is 15.1 Å². The summed E-state index contributed by atoms with van der Waals surface area (Å²) < 4.78 is 7.23. The molecule has 1 unspecified atom stereocenters. The van der Waals surface area contributed by atoms with Crippen molar-refractivity contribution in [1.29, 1.82) is 0 Å². The van der Waals surface area contributed by atoms with E-state index in [0.717, 1.165) is 25.0 Å². The Kier molecular flexibility index (Phi) is 4.31. The van der Waals surface area contributed by atoms with Crippen LogP contribution in [0.5, 0.6) is 0 Å². The molecule has 2 heterocycles. The van der Waals surface area contributed by atoms with Gasteiger partial charge in [0.25, 0.3) is 5.91 Å². The van der Waals surface area contributed by atoms with Gasteiger partial charge in [0, 0.05) is 24.6 Å². The van der Waals surface area contributed by atoms with Crippen molar-refractivity contribution >= 4 is 5.91 Å². The number of rotatable bonds is 4. The lowest BCUT2D eigenvalue weighted by Crippen LogP contribution is -2.40. The number of nitrogens with one attached hydrogen (secondary N) is 1. The quantitative estimate of drug-likeness (QED) is 0.932. The molecule has 0 saturated carbocycles. The van der Waals surface area contributed by atoms with Gasteiger partial charge in [-0.15, -0.1) is 0 Å². The van der Waals surface area contributed by atoms with Crippen LogP contribution in [0.1, 0.15) is 28.8 Å². The summed E-state index contributed by atoms with van der Waals surface area (Å²) in [6.07, 6.45) is 5.68. The second kappa shape index (κ2) is 6.54. The van der Waals surface area contributed by atoms with Gasteiger partial charge in [-0.25, -0.2) is 0 Å². The lowest BCUT2D eigenvalue weighted by molar-refractivity contribution is 0.0624. The monoisotopic (exact) mass is 285 g/mol. The third-order valence-corrected chi connectivity index (χ3v) is 3.62. The van der Waals surface area contributed by atoms with E-state index in [1.807, 2.05) is 41.2 Å². The summed E-state index contributed by atoms with van der Waals surface area (Å²) in [4.78, 5) is 12.2. The highest BCUT2D eigenvalue weighted by Crippen LogP contribution is 2.09. The molecule has 0 radical (unpaired) electrons. The third-order valence-electron chi connectivity index (χ3n) is 3.62. The van der Waals surface area contributed by atoms with Crippen LogP contribution in [0.25, 0.3) is 0 Å². The van der Waals surface area contributed by atoms with E-state index in [-0.39, 0.29) is 11.9 Å². The lowest BCUT2D eigenvalue weighted by atomic mass is 10.1. The molecule has 5 nitrogen and oxygen atoms in total. The van der Waals surface area contributed by atoms with Crippen LogP contribution < -0.4 is 5.32 Å². The van der Waals surface area contributed by atoms with Crippen molar-refractivity contribution in [3.05, 3.63) is 53.9 Å². The molecule has 3 rings (SSSR count). The highest BCUT2D eigenvalue weighted by molar-refractivity contribution is 5.94. The maximum absolute atomic E-state index is 12.2. The van der Waals surface area contributed by atoms with Gasteiger partial charge in [-0.1, -0.05) is 12.1 Å². The van der Waals surface area contributed by atoms with Crippen molar-refractivity contribution in [3.63, 3.8) is 0 Å². The fourth-order valence-electron chi connectivity index (χ4n) is 2.47. The molecule has 1 N–H and O–H groups in total. The van der Waals surface area contributed by atoms with Crippen LogP contribution in [-0.2, 0) is 11.3 Å². The highest BCUT2D eigenvalue weighted by atomic mass is 16.5. The number of nitrogens with zero attached hydrogens (tertiary/aromatic N) is 2. The van der Waals surface area contributed by atoms with Crippen LogP contribution in [0.2, 0.25) is 0 Å². The Labute approximate surface area is 123 Å². The maximum Gasteiger partial charge on any atom is 0.251 e. The van der Waals surface area contributed by atoms with E-state index in [4.69, 9.17) is 4.74 Å². The number of hydrogen-bond acceptors (Lipinski definition) is 3. The predicted molar refractivity (Wildman–Crippen MR) is 79.1 cm³/mol. The molecule has 0 aliphatic carbocycles. The Morgan fingerprint density at radius 1 is 1.38 bits per heavy atom. The third kappa shape index (κ3) is 3.70. The fraction of sp³-hybridized carbons (Fsp3) is 0.375. The van der Waals surface area contributed by atoms with Crippen LogP contribution in [0.15, 0.2) is 42.7 Å². The zero-order valence-corrected chi connectivity index (χ0v) is 11.9. The molecule has 1 aliphatic heterocycles. The topological polar surface area (TPSA) is 56.1 Å². The molecule has 1 fully saturated rings. The van der Waals surface area contributed by atoms with E-state index in [9.17, 15) is 4.79 Å². The molecule has 1 amide bonds. The SMILES string of the molecule is O=C(NC1CCCOC1)c1ccc(Cn2cccn2)cc1. The van der Waals surface area contributed by atoms with Crippen molar-refractivity contribution in [2.75, 3.05) is 13.2 Å². The van der Waals surface area contributed by atoms with Gasteiger partial charge in [-0.2, -0.15) is 5.10 Å². The standard InChI is InChI=1S/C16H19N3O2/c20-16(18-15-3-1-10-21-12-15)14-6-4-13(5-7-14)11-19-9-2-8-17-19/h2,4-9,15H,1,3,10-12H2,(H,18,20). The Bertz CT molecular complexity index is 572. The zero-order chi connectivity index (χ0) is 14.5. The number of amides is 1. The first-order valence-corrected chi connectivity index (χ1v) is 7.26. The largest absolute Gasteiger partial charge is 0.379 e. The number of hydrogen-bond donors (Lipinski definition) is 1. The Morgan fingerprint density at radius 2 is 2.24 bits per heavy atom. The van der Waals surface area contributed by atoms with Gasteiger partial charge in [0.15, 0.2) is 0 Å². The summed E-state index contributed by atoms with van der Waals surface area (Å²) in [6, 6.07) is 9.68. The van der Waals surface area contributed by atoms with Crippen molar-refractivity contribution in [2.45, 2.75) is 25.4 Å². The zero-order valence-electron chi connectivity index (χ0n) is 11.9. The number of carbonyl (C=O) groups is 1. The van der Waals surface area contributed by atoms with Crippen molar-refractivity contribution in [3.8, 4) is 0 Å². The van der Waals surface area contributed by atoms with Gasteiger partial charge >= 0.3 is 0 Å². The van der Waals surface area contributed by atoms with E-state index in [1.54, 1.807) is 6.20 Å². The molecule has 5 heteroatoms. The molecule has 1 aliphatic rings. The minimum absolute atomic E-state index is 0.0314. The van der Waals surface area contributed by atoms with Crippen LogP contribution >= 0.6 is 0 Å². The van der Waals surface area contributed by atoms with E-state index in [2.05, 4.69) is 10.4 Å².